The molecule has 4 atom stereocenters. The third-order valence-corrected chi connectivity index (χ3v) is 4.74. The molecule has 11 nitrogen and oxygen atoms in total. The second-order valence-electron chi connectivity index (χ2n) is 6.55. The first-order valence-electron chi connectivity index (χ1n) is 9.37. The van der Waals surface area contributed by atoms with Crippen molar-refractivity contribution in [3.63, 3.8) is 0 Å². The van der Waals surface area contributed by atoms with Crippen LogP contribution in [0.25, 0.3) is 0 Å². The molecule has 168 valence electrons. The van der Waals surface area contributed by atoms with E-state index < -0.39 is 54.5 Å². The normalized spacial score (nSPS) is 14.9. The van der Waals surface area contributed by atoms with Crippen LogP contribution in [0.5, 0.6) is 0 Å². The minimum atomic E-state index is -1.35. The van der Waals surface area contributed by atoms with Gasteiger partial charge in [0, 0.05) is 0 Å². The number of aliphatic hydroxyl groups excluding tert-OH is 1. The Morgan fingerprint density at radius 2 is 1.59 bits per heavy atom. The summed E-state index contributed by atoms with van der Waals surface area (Å²) in [6, 6.07) is -4.28. The highest BCUT2D eigenvalue weighted by atomic mass is 32.2. The molecule has 12 heteroatoms. The second-order valence-corrected chi connectivity index (χ2v) is 7.53. The number of nitrogens with two attached hydrogens (primary N) is 2. The Kier molecular flexibility index (Phi) is 14.0. The summed E-state index contributed by atoms with van der Waals surface area (Å²) < 4.78 is 0. The van der Waals surface area contributed by atoms with E-state index in [4.69, 9.17) is 16.6 Å². The molecule has 0 bridgehead atoms. The first-order valence-corrected chi connectivity index (χ1v) is 10.8. The summed E-state index contributed by atoms with van der Waals surface area (Å²) in [5, 5.41) is 25.6. The summed E-state index contributed by atoms with van der Waals surface area (Å²) in [5.41, 5.74) is 11.1. The zero-order chi connectivity index (χ0) is 22.4. The van der Waals surface area contributed by atoms with Crippen molar-refractivity contribution < 1.29 is 29.4 Å². The number of carboxylic acids is 1. The van der Waals surface area contributed by atoms with Gasteiger partial charge in [-0.25, -0.2) is 4.79 Å². The van der Waals surface area contributed by atoms with Crippen LogP contribution in [-0.2, 0) is 19.2 Å². The van der Waals surface area contributed by atoms with Crippen LogP contribution in [0, 0.1) is 0 Å². The smallest absolute Gasteiger partial charge is 0.326 e. The molecule has 0 rings (SSSR count). The van der Waals surface area contributed by atoms with E-state index in [1.807, 2.05) is 0 Å². The lowest BCUT2D eigenvalue weighted by molar-refractivity contribution is -0.142. The molecular formula is C17H33N5O6S. The van der Waals surface area contributed by atoms with E-state index in [2.05, 4.69) is 16.0 Å². The van der Waals surface area contributed by atoms with Crippen molar-refractivity contribution in [3.05, 3.63) is 0 Å². The summed E-state index contributed by atoms with van der Waals surface area (Å²) >= 11 is 1.43. The highest BCUT2D eigenvalue weighted by molar-refractivity contribution is 7.98. The predicted molar refractivity (Wildman–Crippen MR) is 110 cm³/mol. The number of hydrogen-bond acceptors (Lipinski definition) is 8. The van der Waals surface area contributed by atoms with Crippen LogP contribution in [0.2, 0.25) is 0 Å². The van der Waals surface area contributed by atoms with E-state index >= 15 is 0 Å². The van der Waals surface area contributed by atoms with Gasteiger partial charge in [-0.15, -0.1) is 0 Å². The molecule has 0 radical (unpaired) electrons. The maximum atomic E-state index is 12.2. The van der Waals surface area contributed by atoms with Crippen LogP contribution in [-0.4, -0.2) is 83.2 Å². The number of carbonyl (C=O) groups excluding carboxylic acids is 3. The molecule has 0 aliphatic heterocycles. The van der Waals surface area contributed by atoms with E-state index in [1.165, 1.54) is 18.7 Å². The lowest BCUT2D eigenvalue weighted by Gasteiger charge is -2.22. The Labute approximate surface area is 174 Å². The maximum absolute atomic E-state index is 12.2. The van der Waals surface area contributed by atoms with E-state index in [0.717, 1.165) is 6.42 Å². The molecule has 3 amide bonds. The zero-order valence-corrected chi connectivity index (χ0v) is 17.7. The number of hydrogen-bond donors (Lipinski definition) is 7. The Hall–Kier alpha value is -1.89. The van der Waals surface area contributed by atoms with Crippen LogP contribution >= 0.6 is 11.8 Å². The highest BCUT2D eigenvalue weighted by Crippen LogP contribution is 2.02. The lowest BCUT2D eigenvalue weighted by Crippen LogP contribution is -2.57. The van der Waals surface area contributed by atoms with Crippen molar-refractivity contribution in [3.8, 4) is 0 Å². The first kappa shape index (κ1) is 27.1. The molecule has 0 aromatic rings. The van der Waals surface area contributed by atoms with Gasteiger partial charge >= 0.3 is 5.97 Å². The van der Waals surface area contributed by atoms with Gasteiger partial charge < -0.3 is 37.6 Å². The predicted octanol–water partition coefficient (Wildman–Crippen LogP) is -2.25. The van der Waals surface area contributed by atoms with Gasteiger partial charge in [-0.2, -0.15) is 11.8 Å². The van der Waals surface area contributed by atoms with Crippen molar-refractivity contribution in [1.29, 1.82) is 0 Å². The van der Waals surface area contributed by atoms with Gasteiger partial charge in [0.1, 0.15) is 18.1 Å². The molecule has 0 aromatic carbocycles. The zero-order valence-electron chi connectivity index (χ0n) is 16.8. The summed E-state index contributed by atoms with van der Waals surface area (Å²) in [7, 11) is 0. The Morgan fingerprint density at radius 3 is 2.10 bits per heavy atom. The Bertz CT molecular complexity index is 550. The number of rotatable bonds is 15. The Balaban J connectivity index is 4.69. The summed E-state index contributed by atoms with van der Waals surface area (Å²) in [4.78, 5) is 47.7. The average Bonchev–Trinajstić information content (AvgIpc) is 2.68. The SMILES string of the molecule is CSCCC(NC(=O)C(CO)NC(=O)C(C)NC(=O)C(N)CCCCN)C(=O)O. The molecule has 0 saturated heterocycles. The van der Waals surface area contributed by atoms with Gasteiger partial charge in [0.15, 0.2) is 0 Å². The minimum Gasteiger partial charge on any atom is -0.480 e. The van der Waals surface area contributed by atoms with Crippen LogP contribution < -0.4 is 27.4 Å². The van der Waals surface area contributed by atoms with Crippen LogP contribution in [0.4, 0.5) is 0 Å². The van der Waals surface area contributed by atoms with E-state index in [0.29, 0.717) is 25.1 Å². The van der Waals surface area contributed by atoms with E-state index in [1.54, 1.807) is 6.26 Å². The molecule has 4 unspecified atom stereocenters. The van der Waals surface area contributed by atoms with Crippen molar-refractivity contribution in [2.24, 2.45) is 11.5 Å². The van der Waals surface area contributed by atoms with Crippen molar-refractivity contribution in [2.75, 3.05) is 25.2 Å². The first-order chi connectivity index (χ1) is 13.7. The maximum Gasteiger partial charge on any atom is 0.326 e. The molecule has 0 spiro atoms. The molecule has 0 aliphatic carbocycles. The standard InChI is InChI=1S/C17H33N5O6S/c1-10(20-15(25)11(19)5-3-4-7-18)14(24)22-13(9-23)16(26)21-12(17(27)28)6-8-29-2/h10-13,23H,3-9,18-19H2,1-2H3,(H,20,25)(H,21,26)(H,22,24)(H,27,28). The fraction of sp³-hybridized carbons (Fsp3) is 0.765. The van der Waals surface area contributed by atoms with Crippen LogP contribution in [0.15, 0.2) is 0 Å². The largest absolute Gasteiger partial charge is 0.480 e. The van der Waals surface area contributed by atoms with Gasteiger partial charge in [0.2, 0.25) is 17.7 Å². The number of carboxylic acid groups (broad SMARTS) is 1. The van der Waals surface area contributed by atoms with Gasteiger partial charge in [0.25, 0.3) is 0 Å². The molecule has 0 aliphatic rings. The fourth-order valence-electron chi connectivity index (χ4n) is 2.28. The van der Waals surface area contributed by atoms with E-state index in [-0.39, 0.29) is 6.42 Å². The number of thioether (sulfide) groups is 1. The molecule has 29 heavy (non-hydrogen) atoms. The fourth-order valence-corrected chi connectivity index (χ4v) is 2.75. The third kappa shape index (κ3) is 11.0. The van der Waals surface area contributed by atoms with Gasteiger partial charge in [-0.3, -0.25) is 14.4 Å². The number of amides is 3. The lowest BCUT2D eigenvalue weighted by atomic mass is 10.1. The molecular weight excluding hydrogens is 402 g/mol. The number of nitrogens with one attached hydrogen (secondary N) is 3. The van der Waals surface area contributed by atoms with Crippen LogP contribution in [0.3, 0.4) is 0 Å². The summed E-state index contributed by atoms with van der Waals surface area (Å²) in [5.74, 6) is -2.75. The number of unbranched alkanes of at least 4 members (excludes halogenated alkanes) is 1. The quantitative estimate of drug-likeness (QED) is 0.139. The van der Waals surface area contributed by atoms with E-state index in [9.17, 15) is 24.3 Å². The topological polar surface area (TPSA) is 197 Å². The molecule has 0 aromatic heterocycles. The van der Waals surface area contributed by atoms with Crippen molar-refractivity contribution in [1.82, 2.24) is 16.0 Å². The van der Waals surface area contributed by atoms with Gasteiger partial charge in [0.05, 0.1) is 12.6 Å². The van der Waals surface area contributed by atoms with Crippen molar-refractivity contribution >= 4 is 35.5 Å². The van der Waals surface area contributed by atoms with Gasteiger partial charge in [-0.05, 0) is 44.7 Å². The summed E-state index contributed by atoms with van der Waals surface area (Å²) in [6.45, 7) is 1.17. The number of aliphatic carboxylic acids is 1. The molecule has 0 heterocycles. The van der Waals surface area contributed by atoms with Crippen molar-refractivity contribution in [2.45, 2.75) is 56.8 Å². The number of carbonyl (C=O) groups is 4. The second kappa shape index (κ2) is 15.0. The molecule has 9 N–H and O–H groups in total. The third-order valence-electron chi connectivity index (χ3n) is 4.10. The number of aliphatic hydroxyl groups is 1. The minimum absolute atomic E-state index is 0.197. The average molecular weight is 436 g/mol. The molecule has 0 fully saturated rings. The Morgan fingerprint density at radius 1 is 0.966 bits per heavy atom. The highest BCUT2D eigenvalue weighted by Gasteiger charge is 2.28. The van der Waals surface area contributed by atoms with Gasteiger partial charge in [-0.1, -0.05) is 6.42 Å². The molecule has 0 saturated carbocycles. The summed E-state index contributed by atoms with van der Waals surface area (Å²) in [6.07, 6.45) is 3.84. The monoisotopic (exact) mass is 435 g/mol. The van der Waals surface area contributed by atoms with Crippen LogP contribution in [0.1, 0.15) is 32.6 Å².